The van der Waals surface area contributed by atoms with Crippen LogP contribution in [0, 0.1) is 0 Å². The van der Waals surface area contributed by atoms with E-state index in [1.165, 1.54) is 49.8 Å². The van der Waals surface area contributed by atoms with Crippen molar-refractivity contribution in [1.82, 2.24) is 10.2 Å². The van der Waals surface area contributed by atoms with Crippen molar-refractivity contribution in [3.63, 3.8) is 0 Å². The molecule has 2 rings (SSSR count). The number of hydrogen-bond donors (Lipinski definition) is 1. The lowest BCUT2D eigenvalue weighted by Crippen LogP contribution is -2.33. The highest BCUT2D eigenvalue weighted by Gasteiger charge is 2.19. The second-order valence-corrected chi connectivity index (χ2v) is 6.55. The first-order valence-corrected chi connectivity index (χ1v) is 8.78. The Kier molecular flexibility index (Phi) is 6.72. The van der Waals surface area contributed by atoms with Crippen LogP contribution < -0.4 is 5.32 Å². The minimum absolute atomic E-state index is 0.674. The van der Waals surface area contributed by atoms with Gasteiger partial charge in [0.15, 0.2) is 0 Å². The summed E-state index contributed by atoms with van der Waals surface area (Å²) < 4.78 is 0. The Morgan fingerprint density at radius 1 is 1.14 bits per heavy atom. The van der Waals surface area contributed by atoms with Crippen LogP contribution in [0.5, 0.6) is 0 Å². The van der Waals surface area contributed by atoms with Crippen molar-refractivity contribution in [2.75, 3.05) is 6.54 Å². The third kappa shape index (κ3) is 5.80. The molecular formula is C19H32N2. The predicted molar refractivity (Wildman–Crippen MR) is 91.4 cm³/mol. The van der Waals surface area contributed by atoms with Crippen LogP contribution >= 0.6 is 0 Å². The Morgan fingerprint density at radius 3 is 2.38 bits per heavy atom. The first kappa shape index (κ1) is 16.5. The molecule has 118 valence electrons. The molecule has 0 heterocycles. The Labute approximate surface area is 130 Å². The lowest BCUT2D eigenvalue weighted by atomic mass is 10.1. The lowest BCUT2D eigenvalue weighted by molar-refractivity contribution is 0.192. The molecule has 0 radical (unpaired) electrons. The van der Waals surface area contributed by atoms with Gasteiger partial charge in [-0.1, -0.05) is 44.5 Å². The summed E-state index contributed by atoms with van der Waals surface area (Å²) in [4.78, 5) is 2.63. The smallest absolute Gasteiger partial charge is 0.0236 e. The summed E-state index contributed by atoms with van der Waals surface area (Å²) >= 11 is 0. The van der Waals surface area contributed by atoms with Crippen molar-refractivity contribution in [2.24, 2.45) is 0 Å². The van der Waals surface area contributed by atoms with Gasteiger partial charge < -0.3 is 5.32 Å². The lowest BCUT2D eigenvalue weighted by Gasteiger charge is -2.28. The van der Waals surface area contributed by atoms with Crippen LogP contribution in [-0.2, 0) is 13.1 Å². The summed E-state index contributed by atoms with van der Waals surface area (Å²) in [5.41, 5.74) is 2.86. The topological polar surface area (TPSA) is 15.3 Å². The zero-order valence-electron chi connectivity index (χ0n) is 14.1. The fraction of sp³-hybridized carbons (Fsp3) is 0.684. The van der Waals surface area contributed by atoms with Gasteiger partial charge in [-0.3, -0.25) is 4.90 Å². The van der Waals surface area contributed by atoms with E-state index in [1.54, 1.807) is 0 Å². The van der Waals surface area contributed by atoms with E-state index in [1.807, 2.05) is 0 Å². The standard InChI is InChI=1S/C19H32N2/c1-4-6-13-21(16(3)5-2)15-18-9-7-17(8-10-18)14-20-19-11-12-19/h7-10,16,19-20H,4-6,11-15H2,1-3H3. The summed E-state index contributed by atoms with van der Waals surface area (Å²) in [6.07, 6.45) is 6.53. The number of benzene rings is 1. The summed E-state index contributed by atoms with van der Waals surface area (Å²) in [6.45, 7) is 10.2. The highest BCUT2D eigenvalue weighted by Crippen LogP contribution is 2.19. The van der Waals surface area contributed by atoms with Gasteiger partial charge in [0.2, 0.25) is 0 Å². The SMILES string of the molecule is CCCCN(Cc1ccc(CNC2CC2)cc1)C(C)CC. The molecule has 0 aliphatic heterocycles. The van der Waals surface area contributed by atoms with Crippen LogP contribution in [0.15, 0.2) is 24.3 Å². The second-order valence-electron chi connectivity index (χ2n) is 6.55. The molecule has 0 amide bonds. The average Bonchev–Trinajstić information content (AvgIpc) is 3.34. The van der Waals surface area contributed by atoms with E-state index in [0.717, 1.165) is 19.1 Å². The van der Waals surface area contributed by atoms with Gasteiger partial charge >= 0.3 is 0 Å². The van der Waals surface area contributed by atoms with Gasteiger partial charge in [0, 0.05) is 25.2 Å². The number of rotatable bonds is 10. The normalized spacial score (nSPS) is 16.4. The van der Waals surface area contributed by atoms with Crippen LogP contribution in [0.25, 0.3) is 0 Å². The molecule has 1 N–H and O–H groups in total. The Bertz CT molecular complexity index is 395. The third-order valence-corrected chi connectivity index (χ3v) is 4.59. The maximum absolute atomic E-state index is 3.58. The quantitative estimate of drug-likeness (QED) is 0.689. The molecule has 2 heteroatoms. The largest absolute Gasteiger partial charge is 0.310 e. The van der Waals surface area contributed by atoms with Crippen molar-refractivity contribution < 1.29 is 0 Å². The van der Waals surface area contributed by atoms with E-state index in [0.29, 0.717) is 6.04 Å². The molecule has 1 fully saturated rings. The Balaban J connectivity index is 1.86. The minimum atomic E-state index is 0.674. The number of unbranched alkanes of at least 4 members (excludes halogenated alkanes) is 1. The summed E-state index contributed by atoms with van der Waals surface area (Å²) in [7, 11) is 0. The molecule has 0 spiro atoms. The van der Waals surface area contributed by atoms with Gasteiger partial charge in [-0.2, -0.15) is 0 Å². The molecule has 1 unspecified atom stereocenters. The molecule has 1 aliphatic carbocycles. The van der Waals surface area contributed by atoms with Crippen LogP contribution in [0.2, 0.25) is 0 Å². The average molecular weight is 288 g/mol. The van der Waals surface area contributed by atoms with E-state index < -0.39 is 0 Å². The molecule has 21 heavy (non-hydrogen) atoms. The maximum atomic E-state index is 3.58. The van der Waals surface area contributed by atoms with Crippen molar-refractivity contribution in [3.05, 3.63) is 35.4 Å². The van der Waals surface area contributed by atoms with Gasteiger partial charge in [0.25, 0.3) is 0 Å². The summed E-state index contributed by atoms with van der Waals surface area (Å²) in [5, 5.41) is 3.58. The van der Waals surface area contributed by atoms with Crippen LogP contribution in [0.4, 0.5) is 0 Å². The first-order valence-electron chi connectivity index (χ1n) is 8.78. The third-order valence-electron chi connectivity index (χ3n) is 4.59. The Hall–Kier alpha value is -0.860. The van der Waals surface area contributed by atoms with Crippen molar-refractivity contribution in [2.45, 2.75) is 78.0 Å². The molecule has 1 atom stereocenters. The fourth-order valence-corrected chi connectivity index (χ4v) is 2.62. The van der Waals surface area contributed by atoms with Crippen molar-refractivity contribution in [3.8, 4) is 0 Å². The summed E-state index contributed by atoms with van der Waals surface area (Å²) in [5.74, 6) is 0. The van der Waals surface area contributed by atoms with Crippen LogP contribution in [0.3, 0.4) is 0 Å². The molecule has 1 aromatic carbocycles. The predicted octanol–water partition coefficient (Wildman–Crippen LogP) is 4.34. The van der Waals surface area contributed by atoms with Crippen molar-refractivity contribution >= 4 is 0 Å². The fourth-order valence-electron chi connectivity index (χ4n) is 2.62. The van der Waals surface area contributed by atoms with Crippen LogP contribution in [0.1, 0.15) is 64.0 Å². The molecular weight excluding hydrogens is 256 g/mol. The van der Waals surface area contributed by atoms with Gasteiger partial charge in [-0.25, -0.2) is 0 Å². The first-order chi connectivity index (χ1) is 10.2. The number of hydrogen-bond acceptors (Lipinski definition) is 2. The Morgan fingerprint density at radius 2 is 1.81 bits per heavy atom. The minimum Gasteiger partial charge on any atom is -0.310 e. The molecule has 1 aromatic rings. The number of nitrogens with zero attached hydrogens (tertiary/aromatic N) is 1. The zero-order chi connectivity index (χ0) is 15.1. The highest BCUT2D eigenvalue weighted by molar-refractivity contribution is 5.22. The van der Waals surface area contributed by atoms with E-state index in [4.69, 9.17) is 0 Å². The van der Waals surface area contributed by atoms with E-state index in [9.17, 15) is 0 Å². The second kappa shape index (κ2) is 8.55. The van der Waals surface area contributed by atoms with Crippen molar-refractivity contribution in [1.29, 1.82) is 0 Å². The summed E-state index contributed by atoms with van der Waals surface area (Å²) in [6, 6.07) is 10.7. The molecule has 1 saturated carbocycles. The van der Waals surface area contributed by atoms with Gasteiger partial charge in [0.05, 0.1) is 0 Å². The number of nitrogens with one attached hydrogen (secondary N) is 1. The zero-order valence-corrected chi connectivity index (χ0v) is 14.1. The molecule has 0 saturated heterocycles. The van der Waals surface area contributed by atoms with E-state index in [2.05, 4.69) is 55.3 Å². The van der Waals surface area contributed by atoms with Gasteiger partial charge in [-0.15, -0.1) is 0 Å². The highest BCUT2D eigenvalue weighted by atomic mass is 15.1. The molecule has 2 nitrogen and oxygen atoms in total. The van der Waals surface area contributed by atoms with E-state index in [-0.39, 0.29) is 0 Å². The van der Waals surface area contributed by atoms with Crippen LogP contribution in [-0.4, -0.2) is 23.5 Å². The molecule has 0 bridgehead atoms. The van der Waals surface area contributed by atoms with Gasteiger partial charge in [0.1, 0.15) is 0 Å². The van der Waals surface area contributed by atoms with Gasteiger partial charge in [-0.05, 0) is 50.3 Å². The van der Waals surface area contributed by atoms with E-state index >= 15 is 0 Å². The maximum Gasteiger partial charge on any atom is 0.0236 e. The molecule has 1 aliphatic rings. The monoisotopic (exact) mass is 288 g/mol. The molecule has 0 aromatic heterocycles.